The normalized spacial score (nSPS) is 14.1. The second kappa shape index (κ2) is 7.21. The molecule has 2 aromatic heterocycles. The van der Waals surface area contributed by atoms with Gasteiger partial charge in [0.05, 0.1) is 18.9 Å². The monoisotopic (exact) mass is 385 g/mol. The number of halogens is 1. The van der Waals surface area contributed by atoms with Gasteiger partial charge in [0, 0.05) is 11.1 Å². The lowest BCUT2D eigenvalue weighted by atomic mass is 10.1. The van der Waals surface area contributed by atoms with Crippen molar-refractivity contribution in [2.24, 2.45) is 0 Å². The summed E-state index contributed by atoms with van der Waals surface area (Å²) in [4.78, 5) is 4.16. The van der Waals surface area contributed by atoms with E-state index in [1.807, 2.05) is 6.92 Å². The van der Waals surface area contributed by atoms with Crippen molar-refractivity contribution in [3.63, 3.8) is 0 Å². The van der Waals surface area contributed by atoms with Crippen LogP contribution in [0.1, 0.15) is 23.6 Å². The lowest BCUT2D eigenvalue weighted by Gasteiger charge is -2.10. The van der Waals surface area contributed by atoms with E-state index in [2.05, 4.69) is 10.1 Å². The Balaban J connectivity index is 1.70. The second-order valence-corrected chi connectivity index (χ2v) is 6.83. The van der Waals surface area contributed by atoms with E-state index in [9.17, 15) is 14.6 Å². The number of aromatic nitrogens is 3. The van der Waals surface area contributed by atoms with Gasteiger partial charge in [0.2, 0.25) is 5.88 Å². The quantitative estimate of drug-likeness (QED) is 0.678. The molecule has 0 saturated carbocycles. The van der Waals surface area contributed by atoms with Crippen LogP contribution >= 0.6 is 0 Å². The van der Waals surface area contributed by atoms with Gasteiger partial charge in [-0.05, 0) is 43.5 Å². The van der Waals surface area contributed by atoms with Crippen molar-refractivity contribution in [3.8, 4) is 17.4 Å². The molecule has 8 heteroatoms. The van der Waals surface area contributed by atoms with Crippen molar-refractivity contribution in [3.05, 3.63) is 52.7 Å². The number of benzene rings is 1. The first-order chi connectivity index (χ1) is 13.5. The molecule has 1 aliphatic carbocycles. The minimum atomic E-state index is -0.610. The van der Waals surface area contributed by atoms with Gasteiger partial charge in [0.15, 0.2) is 11.6 Å². The van der Waals surface area contributed by atoms with Crippen molar-refractivity contribution >= 4 is 11.6 Å². The maximum Gasteiger partial charge on any atom is 0.247 e. The van der Waals surface area contributed by atoms with Crippen LogP contribution in [0.25, 0.3) is 11.6 Å². The van der Waals surface area contributed by atoms with Crippen LogP contribution in [0, 0.1) is 12.7 Å². The molecule has 0 fully saturated rings. The standard InChI is InChI=1S/C20H20FN3O4/c1-11(26)9-27-17-7-24-19(12(17)2)20(22-10-23-24)28-16-4-3-14-5-13(8-25)6-15(14)18(16)21/h3-4,6-7,10-11,25-26H,5,8-9H2,1-2H3/t11-/m1/s1. The molecule has 0 saturated heterocycles. The topological polar surface area (TPSA) is 89.1 Å². The van der Waals surface area contributed by atoms with Gasteiger partial charge >= 0.3 is 0 Å². The first-order valence-corrected chi connectivity index (χ1v) is 8.91. The van der Waals surface area contributed by atoms with Gasteiger partial charge in [-0.15, -0.1) is 0 Å². The number of aliphatic hydroxyl groups excluding tert-OH is 2. The molecule has 0 radical (unpaired) electrons. The largest absolute Gasteiger partial charge is 0.489 e. The highest BCUT2D eigenvalue weighted by molar-refractivity contribution is 5.69. The molecule has 0 spiro atoms. The lowest BCUT2D eigenvalue weighted by molar-refractivity contribution is 0.122. The van der Waals surface area contributed by atoms with Gasteiger partial charge in [-0.25, -0.2) is 8.91 Å². The predicted octanol–water partition coefficient (Wildman–Crippen LogP) is 2.66. The highest BCUT2D eigenvalue weighted by Crippen LogP contribution is 2.36. The van der Waals surface area contributed by atoms with Crippen LogP contribution in [0.3, 0.4) is 0 Å². The Bertz CT molecular complexity index is 1070. The third-order valence-corrected chi connectivity index (χ3v) is 4.64. The Morgan fingerprint density at radius 3 is 2.89 bits per heavy atom. The van der Waals surface area contributed by atoms with Crippen LogP contribution in [0.4, 0.5) is 4.39 Å². The summed E-state index contributed by atoms with van der Waals surface area (Å²) in [5, 5.41) is 22.9. The number of hydrogen-bond donors (Lipinski definition) is 2. The van der Waals surface area contributed by atoms with Gasteiger partial charge in [0.1, 0.15) is 24.2 Å². The number of fused-ring (bicyclic) bond motifs is 2. The van der Waals surface area contributed by atoms with E-state index in [0.29, 0.717) is 23.3 Å². The van der Waals surface area contributed by atoms with Crippen LogP contribution in [-0.4, -0.2) is 44.1 Å². The highest BCUT2D eigenvalue weighted by atomic mass is 19.1. The predicted molar refractivity (Wildman–Crippen MR) is 100 cm³/mol. The van der Waals surface area contributed by atoms with Crippen LogP contribution < -0.4 is 9.47 Å². The average Bonchev–Trinajstić information content (AvgIpc) is 3.24. The Morgan fingerprint density at radius 2 is 2.14 bits per heavy atom. The third-order valence-electron chi connectivity index (χ3n) is 4.64. The SMILES string of the molecule is Cc1c(OC[C@@H](C)O)cn2ncnc(Oc3ccc4c(c3F)C=C(CO)C4)c12. The number of ether oxygens (including phenoxy) is 2. The molecule has 1 atom stereocenters. The van der Waals surface area contributed by atoms with Gasteiger partial charge in [-0.1, -0.05) is 6.07 Å². The molecular weight excluding hydrogens is 365 g/mol. The van der Waals surface area contributed by atoms with Crippen molar-refractivity contribution in [1.29, 1.82) is 0 Å². The summed E-state index contributed by atoms with van der Waals surface area (Å²) >= 11 is 0. The van der Waals surface area contributed by atoms with Gasteiger partial charge in [-0.2, -0.15) is 10.1 Å². The molecule has 7 nitrogen and oxygen atoms in total. The van der Waals surface area contributed by atoms with E-state index in [1.54, 1.807) is 35.8 Å². The lowest BCUT2D eigenvalue weighted by Crippen LogP contribution is -2.12. The molecule has 28 heavy (non-hydrogen) atoms. The fourth-order valence-electron chi connectivity index (χ4n) is 3.24. The summed E-state index contributed by atoms with van der Waals surface area (Å²) in [6.45, 7) is 3.49. The van der Waals surface area contributed by atoms with Crippen LogP contribution in [0.15, 0.2) is 30.2 Å². The molecule has 0 amide bonds. The van der Waals surface area contributed by atoms with Gasteiger partial charge in [-0.3, -0.25) is 0 Å². The number of rotatable bonds is 6. The minimum Gasteiger partial charge on any atom is -0.489 e. The van der Waals surface area contributed by atoms with Gasteiger partial charge in [0.25, 0.3) is 0 Å². The summed E-state index contributed by atoms with van der Waals surface area (Å²) < 4.78 is 27.9. The van der Waals surface area contributed by atoms with Crippen LogP contribution in [-0.2, 0) is 6.42 Å². The Morgan fingerprint density at radius 1 is 1.32 bits per heavy atom. The van der Waals surface area contributed by atoms with Crippen LogP contribution in [0.5, 0.6) is 17.4 Å². The van der Waals surface area contributed by atoms with E-state index in [-0.39, 0.29) is 24.8 Å². The number of nitrogens with zero attached hydrogens (tertiary/aromatic N) is 3. The van der Waals surface area contributed by atoms with Crippen LogP contribution in [0.2, 0.25) is 0 Å². The van der Waals surface area contributed by atoms with E-state index < -0.39 is 11.9 Å². The second-order valence-electron chi connectivity index (χ2n) is 6.83. The molecule has 2 N–H and O–H groups in total. The average molecular weight is 385 g/mol. The summed E-state index contributed by atoms with van der Waals surface area (Å²) in [7, 11) is 0. The van der Waals surface area contributed by atoms with E-state index in [1.165, 1.54) is 6.33 Å². The zero-order valence-corrected chi connectivity index (χ0v) is 15.5. The molecule has 0 bridgehead atoms. The van der Waals surface area contributed by atoms with Crippen molar-refractivity contribution in [2.45, 2.75) is 26.4 Å². The maximum atomic E-state index is 14.9. The smallest absolute Gasteiger partial charge is 0.247 e. The molecular formula is C20H20FN3O4. The van der Waals surface area contributed by atoms with Crippen molar-refractivity contribution in [1.82, 2.24) is 14.6 Å². The Hall–Kier alpha value is -2.97. The first-order valence-electron chi connectivity index (χ1n) is 8.91. The number of aliphatic hydroxyl groups is 2. The summed E-state index contributed by atoms with van der Waals surface area (Å²) in [6, 6.07) is 3.34. The third kappa shape index (κ3) is 3.21. The molecule has 4 rings (SSSR count). The zero-order chi connectivity index (χ0) is 19.8. The molecule has 3 aromatic rings. The molecule has 146 valence electrons. The highest BCUT2D eigenvalue weighted by Gasteiger charge is 2.21. The molecule has 2 heterocycles. The summed E-state index contributed by atoms with van der Waals surface area (Å²) in [6.07, 6.45) is 4.55. The Kier molecular flexibility index (Phi) is 4.74. The molecule has 1 aromatic carbocycles. The van der Waals surface area contributed by atoms with Crippen molar-refractivity contribution < 1.29 is 24.1 Å². The van der Waals surface area contributed by atoms with Crippen molar-refractivity contribution in [2.75, 3.05) is 13.2 Å². The van der Waals surface area contributed by atoms with E-state index in [4.69, 9.17) is 9.47 Å². The number of hydrogen-bond acceptors (Lipinski definition) is 6. The Labute approximate surface area is 160 Å². The molecule has 0 aliphatic heterocycles. The maximum absolute atomic E-state index is 14.9. The van der Waals surface area contributed by atoms with E-state index in [0.717, 1.165) is 16.7 Å². The van der Waals surface area contributed by atoms with E-state index >= 15 is 0 Å². The minimum absolute atomic E-state index is 0.0434. The fraction of sp³-hybridized carbons (Fsp3) is 0.300. The van der Waals surface area contributed by atoms with Gasteiger partial charge < -0.3 is 19.7 Å². The fourth-order valence-corrected chi connectivity index (χ4v) is 3.24. The number of aryl methyl sites for hydroxylation is 1. The summed E-state index contributed by atoms with van der Waals surface area (Å²) in [5.41, 5.74) is 3.28. The first kappa shape index (κ1) is 18.4. The zero-order valence-electron chi connectivity index (χ0n) is 15.5. The summed E-state index contributed by atoms with van der Waals surface area (Å²) in [5.74, 6) is 0.285. The molecule has 0 unspecified atom stereocenters. The molecule has 1 aliphatic rings.